The number of carbonyl (C=O) groups excluding carboxylic acids is 1. The van der Waals surface area contributed by atoms with Gasteiger partial charge in [0.25, 0.3) is 0 Å². The van der Waals surface area contributed by atoms with Crippen molar-refractivity contribution < 1.29 is 14.6 Å². The molecule has 2 aliphatic rings. The van der Waals surface area contributed by atoms with E-state index in [4.69, 9.17) is 4.74 Å². The molecule has 1 aliphatic heterocycles. The van der Waals surface area contributed by atoms with Crippen molar-refractivity contribution in [3.8, 4) is 5.75 Å². The zero-order valence-electron chi connectivity index (χ0n) is 24.9. The number of aryl methyl sites for hydroxylation is 1. The third kappa shape index (κ3) is 7.36. The zero-order chi connectivity index (χ0) is 28.5. The summed E-state index contributed by atoms with van der Waals surface area (Å²) in [6.45, 7) is 11.9. The molecule has 2 aromatic carbocycles. The number of nitrogens with zero attached hydrogens (tertiary/aromatic N) is 2. The monoisotopic (exact) mass is 546 g/mol. The molecule has 1 saturated heterocycles. The van der Waals surface area contributed by atoms with Gasteiger partial charge in [0.1, 0.15) is 5.75 Å². The maximum atomic E-state index is 13.8. The fraction of sp³-hybridized carbons (Fsp3) is 0.571. The first kappa shape index (κ1) is 30.3. The summed E-state index contributed by atoms with van der Waals surface area (Å²) in [4.78, 5) is 18.5. The van der Waals surface area contributed by atoms with Gasteiger partial charge in [-0.05, 0) is 74.2 Å². The van der Waals surface area contributed by atoms with Gasteiger partial charge >= 0.3 is 0 Å². The number of amides is 1. The van der Waals surface area contributed by atoms with Crippen LogP contribution in [0.1, 0.15) is 69.9 Å². The van der Waals surface area contributed by atoms with Crippen LogP contribution in [-0.4, -0.2) is 66.2 Å². The average Bonchev–Trinajstić information content (AvgIpc) is 2.95. The first-order valence-electron chi connectivity index (χ1n) is 15.3. The van der Waals surface area contributed by atoms with Crippen LogP contribution >= 0.6 is 0 Å². The lowest BCUT2D eigenvalue weighted by molar-refractivity contribution is -0.140. The Morgan fingerprint density at radius 3 is 2.67 bits per heavy atom. The molecule has 1 N–H and O–H groups in total. The van der Waals surface area contributed by atoms with Crippen LogP contribution in [0.15, 0.2) is 67.3 Å². The third-order valence-electron chi connectivity index (χ3n) is 9.22. The highest BCUT2D eigenvalue weighted by Gasteiger charge is 2.53. The van der Waals surface area contributed by atoms with E-state index in [1.807, 2.05) is 25.3 Å². The first-order valence-corrected chi connectivity index (χ1v) is 15.3. The van der Waals surface area contributed by atoms with Crippen molar-refractivity contribution in [1.82, 2.24) is 9.80 Å². The van der Waals surface area contributed by atoms with Crippen molar-refractivity contribution >= 4 is 5.91 Å². The van der Waals surface area contributed by atoms with Gasteiger partial charge in [-0.25, -0.2) is 0 Å². The fourth-order valence-electron chi connectivity index (χ4n) is 7.31. The second-order valence-electron chi connectivity index (χ2n) is 12.5. The minimum atomic E-state index is -0.148. The number of aromatic hydroxyl groups is 1. The number of carbonyl (C=O) groups is 1. The molecule has 0 radical (unpaired) electrons. The van der Waals surface area contributed by atoms with E-state index < -0.39 is 0 Å². The van der Waals surface area contributed by atoms with Crippen LogP contribution in [-0.2, 0) is 21.4 Å². The SMILES string of the molecule is C=CCN1CC[C@@]2(c3cccc(O)c3)C[C@H](N(CC(C)C)C(=O)CCCCCc3ccccc3)CC(OC)[C@@H]2C1. The molecule has 1 saturated carbocycles. The van der Waals surface area contributed by atoms with E-state index in [-0.39, 0.29) is 23.5 Å². The van der Waals surface area contributed by atoms with Crippen molar-refractivity contribution in [3.63, 3.8) is 0 Å². The Morgan fingerprint density at radius 1 is 1.18 bits per heavy atom. The van der Waals surface area contributed by atoms with Crippen molar-refractivity contribution in [2.45, 2.75) is 82.8 Å². The Kier molecular flexibility index (Phi) is 10.9. The van der Waals surface area contributed by atoms with Crippen LogP contribution in [0, 0.1) is 11.8 Å². The predicted octanol–water partition coefficient (Wildman–Crippen LogP) is 6.60. The number of unbranched alkanes of at least 4 members (excludes halogenated alkanes) is 2. The summed E-state index contributed by atoms with van der Waals surface area (Å²) in [6, 6.07) is 18.6. The maximum absolute atomic E-state index is 13.8. The van der Waals surface area contributed by atoms with E-state index in [0.717, 1.165) is 71.1 Å². The number of hydrogen-bond donors (Lipinski definition) is 1. The van der Waals surface area contributed by atoms with E-state index in [1.54, 1.807) is 6.07 Å². The van der Waals surface area contributed by atoms with Gasteiger partial charge in [-0.15, -0.1) is 6.58 Å². The summed E-state index contributed by atoms with van der Waals surface area (Å²) in [7, 11) is 1.83. The van der Waals surface area contributed by atoms with Gasteiger partial charge in [0.05, 0.1) is 6.10 Å². The summed E-state index contributed by atoms with van der Waals surface area (Å²) < 4.78 is 6.23. The van der Waals surface area contributed by atoms with Crippen molar-refractivity contribution in [1.29, 1.82) is 0 Å². The molecule has 2 fully saturated rings. The summed E-state index contributed by atoms with van der Waals surface area (Å²) in [5, 5.41) is 10.5. The van der Waals surface area contributed by atoms with Crippen LogP contribution in [0.25, 0.3) is 0 Å². The van der Waals surface area contributed by atoms with Crippen LogP contribution < -0.4 is 0 Å². The molecule has 4 atom stereocenters. The van der Waals surface area contributed by atoms with E-state index in [9.17, 15) is 9.90 Å². The van der Waals surface area contributed by atoms with Gasteiger partial charge in [-0.3, -0.25) is 9.69 Å². The zero-order valence-corrected chi connectivity index (χ0v) is 24.9. The number of methoxy groups -OCH3 is 1. The van der Waals surface area contributed by atoms with Crippen LogP contribution in [0.4, 0.5) is 0 Å². The number of likely N-dealkylation sites (tertiary alicyclic amines) is 1. The van der Waals surface area contributed by atoms with Gasteiger partial charge in [0.2, 0.25) is 5.91 Å². The van der Waals surface area contributed by atoms with E-state index in [2.05, 4.69) is 66.6 Å². The molecule has 1 aliphatic carbocycles. The quantitative estimate of drug-likeness (QED) is 0.227. The molecule has 0 aromatic heterocycles. The standard InChI is InChI=1S/C35H50N2O3/c1-5-20-36-21-19-35(29-16-12-17-31(38)22-29)24-30(23-33(40-4)32(35)26-36)37(25-27(2)3)34(39)18-11-7-10-15-28-13-8-6-9-14-28/h5-6,8-9,12-14,16-17,22,27,30,32-33,38H,1,7,10-11,15,18-21,23-26H2,2-4H3/t30-,32+,33?,35+/m1/s1. The summed E-state index contributed by atoms with van der Waals surface area (Å²) in [6.07, 6.45) is 9.55. The Morgan fingerprint density at radius 2 is 1.98 bits per heavy atom. The molecule has 0 bridgehead atoms. The summed E-state index contributed by atoms with van der Waals surface area (Å²) in [5.41, 5.74) is 2.40. The van der Waals surface area contributed by atoms with Crippen LogP contribution in [0.2, 0.25) is 0 Å². The Labute approximate surface area is 242 Å². The lowest BCUT2D eigenvalue weighted by Gasteiger charge is -2.57. The van der Waals surface area contributed by atoms with Crippen LogP contribution in [0.5, 0.6) is 5.75 Å². The highest BCUT2D eigenvalue weighted by molar-refractivity contribution is 5.76. The minimum absolute atomic E-state index is 0.0436. The van der Waals surface area contributed by atoms with Crippen molar-refractivity contribution in [2.24, 2.45) is 11.8 Å². The Bertz CT molecular complexity index is 1090. The molecule has 1 heterocycles. The molecule has 1 amide bonds. The number of benzene rings is 2. The van der Waals surface area contributed by atoms with E-state index in [1.165, 1.54) is 11.1 Å². The van der Waals surface area contributed by atoms with Gasteiger partial charge in [-0.2, -0.15) is 0 Å². The van der Waals surface area contributed by atoms with Gasteiger partial charge in [-0.1, -0.05) is 68.8 Å². The molecular weight excluding hydrogens is 496 g/mol. The average molecular weight is 547 g/mol. The lowest BCUT2D eigenvalue weighted by Crippen LogP contribution is -2.62. The number of ether oxygens (including phenoxy) is 1. The van der Waals surface area contributed by atoms with Gasteiger partial charge in [0, 0.05) is 50.5 Å². The molecule has 4 rings (SSSR count). The molecule has 2 aromatic rings. The molecule has 5 heteroatoms. The first-order chi connectivity index (χ1) is 19.4. The largest absolute Gasteiger partial charge is 0.508 e. The number of fused-ring (bicyclic) bond motifs is 1. The van der Waals surface area contributed by atoms with E-state index >= 15 is 0 Å². The molecule has 0 spiro atoms. The smallest absolute Gasteiger partial charge is 0.222 e. The maximum Gasteiger partial charge on any atom is 0.222 e. The number of piperidine rings is 1. The molecule has 1 unspecified atom stereocenters. The fourth-order valence-corrected chi connectivity index (χ4v) is 7.31. The second kappa shape index (κ2) is 14.3. The van der Waals surface area contributed by atoms with Crippen molar-refractivity contribution in [2.75, 3.05) is 33.3 Å². The van der Waals surface area contributed by atoms with Crippen LogP contribution in [0.3, 0.4) is 0 Å². The Hall–Kier alpha value is -2.63. The minimum Gasteiger partial charge on any atom is -0.508 e. The highest BCUT2D eigenvalue weighted by atomic mass is 16.5. The molecule has 40 heavy (non-hydrogen) atoms. The number of rotatable bonds is 13. The normalized spacial score (nSPS) is 24.9. The van der Waals surface area contributed by atoms with Gasteiger partial charge in [0.15, 0.2) is 0 Å². The molecule has 218 valence electrons. The third-order valence-corrected chi connectivity index (χ3v) is 9.22. The summed E-state index contributed by atoms with van der Waals surface area (Å²) in [5.74, 6) is 1.27. The lowest BCUT2D eigenvalue weighted by atomic mass is 9.56. The predicted molar refractivity (Wildman–Crippen MR) is 164 cm³/mol. The number of phenols is 1. The topological polar surface area (TPSA) is 53.0 Å². The molecular formula is C35H50N2O3. The highest BCUT2D eigenvalue weighted by Crippen LogP contribution is 2.51. The number of hydrogen-bond acceptors (Lipinski definition) is 4. The Balaban J connectivity index is 1.52. The van der Waals surface area contributed by atoms with Gasteiger partial charge < -0.3 is 14.7 Å². The second-order valence-corrected chi connectivity index (χ2v) is 12.5. The number of phenolic OH excluding ortho intramolecular Hbond substituents is 1. The summed E-state index contributed by atoms with van der Waals surface area (Å²) >= 11 is 0. The van der Waals surface area contributed by atoms with E-state index in [0.29, 0.717) is 24.0 Å². The van der Waals surface area contributed by atoms with Crippen molar-refractivity contribution in [3.05, 3.63) is 78.4 Å². The molecule has 5 nitrogen and oxygen atoms in total.